The number of fused-ring (bicyclic) bond motifs is 1. The van der Waals surface area contributed by atoms with E-state index in [0.717, 1.165) is 87.2 Å². The van der Waals surface area contributed by atoms with Crippen molar-refractivity contribution >= 4 is 51.9 Å². The van der Waals surface area contributed by atoms with Crippen molar-refractivity contribution in [2.75, 3.05) is 68.5 Å². The van der Waals surface area contributed by atoms with E-state index in [4.69, 9.17) is 9.97 Å². The fourth-order valence-corrected chi connectivity index (χ4v) is 7.93. The normalized spacial score (nSPS) is 20.6. The van der Waals surface area contributed by atoms with Crippen LogP contribution in [0.5, 0.6) is 0 Å². The van der Waals surface area contributed by atoms with Crippen LogP contribution in [-0.4, -0.2) is 106 Å². The molecule has 0 radical (unpaired) electrons. The Morgan fingerprint density at radius 3 is 2.28 bits per heavy atom. The van der Waals surface area contributed by atoms with Gasteiger partial charge in [-0.1, -0.05) is 25.0 Å². The molecule has 0 bridgehead atoms. The number of pyridine rings is 1. The van der Waals surface area contributed by atoms with Crippen molar-refractivity contribution in [2.24, 2.45) is 0 Å². The van der Waals surface area contributed by atoms with Crippen LogP contribution in [0, 0.1) is 0 Å². The average molecular weight is 677 g/mol. The second-order valence-corrected chi connectivity index (χ2v) is 14.2. The summed E-state index contributed by atoms with van der Waals surface area (Å²) >= 11 is 0. The van der Waals surface area contributed by atoms with Crippen molar-refractivity contribution in [3.8, 4) is 0 Å². The first-order valence-electron chi connectivity index (χ1n) is 17.8. The molecule has 1 aromatic carbocycles. The Morgan fingerprint density at radius 2 is 1.60 bits per heavy atom. The molecule has 1 unspecified atom stereocenters. The largest absolute Gasteiger partial charge is 0.368 e. The highest BCUT2D eigenvalue weighted by Gasteiger charge is 2.34. The van der Waals surface area contributed by atoms with Crippen LogP contribution in [0.25, 0.3) is 11.0 Å². The van der Waals surface area contributed by atoms with Gasteiger partial charge in [0, 0.05) is 89.1 Å². The van der Waals surface area contributed by atoms with Gasteiger partial charge in [-0.3, -0.25) is 24.6 Å². The smallest absolute Gasteiger partial charge is 0.270 e. The van der Waals surface area contributed by atoms with E-state index in [1.54, 1.807) is 25.2 Å². The van der Waals surface area contributed by atoms with E-state index < -0.39 is 0 Å². The molecule has 3 aromatic heterocycles. The third-order valence-corrected chi connectivity index (χ3v) is 10.8. The Hall–Kier alpha value is -5.04. The van der Waals surface area contributed by atoms with Crippen LogP contribution in [0.3, 0.4) is 0 Å². The average Bonchev–Trinajstić information content (AvgIpc) is 3.76. The van der Waals surface area contributed by atoms with Gasteiger partial charge in [-0.15, -0.1) is 0 Å². The minimum atomic E-state index is -0.246. The van der Waals surface area contributed by atoms with Gasteiger partial charge >= 0.3 is 0 Å². The Kier molecular flexibility index (Phi) is 8.59. The lowest BCUT2D eigenvalue weighted by Crippen LogP contribution is -2.63. The van der Waals surface area contributed by atoms with E-state index in [0.29, 0.717) is 36.3 Å². The second kappa shape index (κ2) is 13.3. The minimum Gasteiger partial charge on any atom is -0.368 e. The number of nitrogens with zero attached hydrogens (tertiary/aromatic N) is 8. The number of imide groups is 1. The van der Waals surface area contributed by atoms with Gasteiger partial charge < -0.3 is 24.6 Å². The molecule has 50 heavy (non-hydrogen) atoms. The standard InChI is InChI=1S/C37H44N10O3/c1-43(2)36(50)31-19-25-20-39-37(42-34(25)47(31)27-5-3-4-6-27)40-32-13-11-28(21-38-32)44-15-17-45(18-16-44)29-22-46(23-29)26-9-7-24(8-10-26)30-12-14-33(48)41-35(30)49/h7-11,13,19-21,27,29-30H,3-6,12,14-18,22-23H2,1-2H3,(H,41,48,49)(H,38,39,40,42). The van der Waals surface area contributed by atoms with Gasteiger partial charge in [-0.25, -0.2) is 9.97 Å². The number of amides is 3. The maximum atomic E-state index is 13.0. The number of piperidine rings is 1. The number of hydrogen-bond donors (Lipinski definition) is 2. The van der Waals surface area contributed by atoms with E-state index in [9.17, 15) is 14.4 Å². The predicted molar refractivity (Wildman–Crippen MR) is 192 cm³/mol. The van der Waals surface area contributed by atoms with Gasteiger partial charge in [0.2, 0.25) is 17.8 Å². The summed E-state index contributed by atoms with van der Waals surface area (Å²) in [5, 5.41) is 6.60. The summed E-state index contributed by atoms with van der Waals surface area (Å²) in [6.45, 7) is 5.87. The number of anilines is 4. The molecule has 8 rings (SSSR count). The van der Waals surface area contributed by atoms with Crippen molar-refractivity contribution in [1.29, 1.82) is 0 Å². The highest BCUT2D eigenvalue weighted by atomic mass is 16.2. The summed E-state index contributed by atoms with van der Waals surface area (Å²) < 4.78 is 2.12. The maximum absolute atomic E-state index is 13.0. The van der Waals surface area contributed by atoms with Crippen LogP contribution in [0.15, 0.2) is 54.9 Å². The molecule has 13 heteroatoms. The van der Waals surface area contributed by atoms with E-state index in [-0.39, 0.29) is 29.7 Å². The zero-order valence-corrected chi connectivity index (χ0v) is 28.7. The Labute approximate surface area is 291 Å². The molecule has 0 spiro atoms. The summed E-state index contributed by atoms with van der Waals surface area (Å²) in [6, 6.07) is 15.0. The van der Waals surface area contributed by atoms with E-state index in [2.05, 4.69) is 53.1 Å². The Bertz CT molecular complexity index is 1890. The molecule has 3 aliphatic heterocycles. The van der Waals surface area contributed by atoms with Crippen molar-refractivity contribution in [1.82, 2.24) is 34.6 Å². The number of hydrogen-bond acceptors (Lipinski definition) is 10. The minimum absolute atomic E-state index is 0.0205. The summed E-state index contributed by atoms with van der Waals surface area (Å²) in [5.41, 5.74) is 4.69. The Balaban J connectivity index is 0.848. The summed E-state index contributed by atoms with van der Waals surface area (Å²) in [6.07, 6.45) is 9.08. The number of carbonyl (C=O) groups is 3. The maximum Gasteiger partial charge on any atom is 0.270 e. The van der Waals surface area contributed by atoms with Gasteiger partial charge in [0.15, 0.2) is 0 Å². The number of aromatic nitrogens is 4. The highest BCUT2D eigenvalue weighted by Crippen LogP contribution is 2.35. The first kappa shape index (κ1) is 32.2. The van der Waals surface area contributed by atoms with E-state index in [1.807, 2.05) is 30.5 Å². The third kappa shape index (κ3) is 6.26. The van der Waals surface area contributed by atoms with E-state index in [1.165, 1.54) is 5.69 Å². The van der Waals surface area contributed by atoms with Crippen LogP contribution in [0.2, 0.25) is 0 Å². The van der Waals surface area contributed by atoms with Crippen molar-refractivity contribution in [3.63, 3.8) is 0 Å². The SMILES string of the molecule is CN(C)C(=O)c1cc2cnc(Nc3ccc(N4CCN(C5CN(c6ccc(C7CCC(=O)NC7=O)cc6)C5)CC4)cn3)nc2n1C1CCCC1. The molecular formula is C37H44N10O3. The van der Waals surface area contributed by atoms with Crippen molar-refractivity contribution in [2.45, 2.75) is 56.5 Å². The lowest BCUT2D eigenvalue weighted by Gasteiger charge is -2.49. The van der Waals surface area contributed by atoms with Crippen LogP contribution in [0.1, 0.15) is 66.5 Å². The predicted octanol–water partition coefficient (Wildman–Crippen LogP) is 3.92. The molecule has 13 nitrogen and oxygen atoms in total. The fraction of sp³-hybridized carbons (Fsp3) is 0.459. The van der Waals surface area contributed by atoms with Gasteiger partial charge in [0.1, 0.15) is 17.2 Å². The third-order valence-electron chi connectivity index (χ3n) is 10.8. The van der Waals surface area contributed by atoms with Crippen LogP contribution < -0.4 is 20.4 Å². The van der Waals surface area contributed by atoms with Crippen LogP contribution in [0.4, 0.5) is 23.1 Å². The summed E-state index contributed by atoms with van der Waals surface area (Å²) in [7, 11) is 3.57. The number of piperazine rings is 1. The summed E-state index contributed by atoms with van der Waals surface area (Å²) in [5.74, 6) is 0.502. The molecule has 1 saturated carbocycles. The lowest BCUT2D eigenvalue weighted by atomic mass is 9.90. The highest BCUT2D eigenvalue weighted by molar-refractivity contribution is 6.01. The molecule has 4 fully saturated rings. The molecule has 3 amide bonds. The first-order chi connectivity index (χ1) is 24.3. The second-order valence-electron chi connectivity index (χ2n) is 14.2. The molecule has 1 atom stereocenters. The number of benzene rings is 1. The van der Waals surface area contributed by atoms with E-state index >= 15 is 0 Å². The Morgan fingerprint density at radius 1 is 0.860 bits per heavy atom. The lowest BCUT2D eigenvalue weighted by molar-refractivity contribution is -0.134. The molecule has 3 saturated heterocycles. The van der Waals surface area contributed by atoms with Gasteiger partial charge in [-0.2, -0.15) is 4.98 Å². The zero-order valence-electron chi connectivity index (χ0n) is 28.7. The van der Waals surface area contributed by atoms with Crippen LogP contribution in [-0.2, 0) is 9.59 Å². The summed E-state index contributed by atoms with van der Waals surface area (Å²) in [4.78, 5) is 59.9. The molecule has 6 heterocycles. The number of nitrogens with one attached hydrogen (secondary N) is 2. The van der Waals surface area contributed by atoms with Gasteiger partial charge in [-0.05, 0) is 55.2 Å². The molecule has 4 aromatic rings. The molecule has 4 aliphatic rings. The quantitative estimate of drug-likeness (QED) is 0.265. The van der Waals surface area contributed by atoms with Gasteiger partial charge in [0.05, 0.1) is 17.8 Å². The fourth-order valence-electron chi connectivity index (χ4n) is 7.93. The molecule has 1 aliphatic carbocycles. The molecule has 260 valence electrons. The topological polar surface area (TPSA) is 132 Å². The number of rotatable bonds is 8. The molecular weight excluding hydrogens is 632 g/mol. The number of carbonyl (C=O) groups excluding carboxylic acids is 3. The molecule has 2 N–H and O–H groups in total. The zero-order chi connectivity index (χ0) is 34.4. The van der Waals surface area contributed by atoms with Crippen LogP contribution >= 0.6 is 0 Å². The van der Waals surface area contributed by atoms with Gasteiger partial charge in [0.25, 0.3) is 5.91 Å². The van der Waals surface area contributed by atoms with Crippen molar-refractivity contribution in [3.05, 3.63) is 66.1 Å². The first-order valence-corrected chi connectivity index (χ1v) is 17.8. The monoisotopic (exact) mass is 676 g/mol. The van der Waals surface area contributed by atoms with Crippen molar-refractivity contribution < 1.29 is 14.4 Å².